The minimum atomic E-state index is -2.87. The van der Waals surface area contributed by atoms with Crippen LogP contribution in [0.15, 0.2) is 79.0 Å². The summed E-state index contributed by atoms with van der Waals surface area (Å²) < 4.78 is 50.2. The summed E-state index contributed by atoms with van der Waals surface area (Å²) in [6, 6.07) is 18.0. The van der Waals surface area contributed by atoms with Gasteiger partial charge in [0.25, 0.3) is 0 Å². The van der Waals surface area contributed by atoms with Gasteiger partial charge in [-0.2, -0.15) is 0 Å². The molecule has 3 heterocycles. The molecule has 2 aromatic carbocycles. The van der Waals surface area contributed by atoms with E-state index in [1.54, 1.807) is 31.2 Å². The third kappa shape index (κ3) is 7.70. The number of carbonyl (C=O) groups excluding carboxylic acids is 7. The van der Waals surface area contributed by atoms with Gasteiger partial charge in [0.2, 0.25) is 0 Å². The third-order valence-electron chi connectivity index (χ3n) is 13.3. The minimum Gasteiger partial charge on any atom is -0.465 e. The molecular formula is C47H51NO17. The third-order valence-corrected chi connectivity index (χ3v) is 13.3. The van der Waals surface area contributed by atoms with Crippen molar-refractivity contribution in [2.24, 2.45) is 17.3 Å². The molecule has 18 heteroatoms. The van der Waals surface area contributed by atoms with Gasteiger partial charge in [-0.15, -0.1) is 0 Å². The van der Waals surface area contributed by atoms with Crippen molar-refractivity contribution in [3.63, 3.8) is 0 Å². The number of aliphatic hydroxyl groups excluding tert-OH is 1. The first-order valence-corrected chi connectivity index (χ1v) is 21.2. The summed E-state index contributed by atoms with van der Waals surface area (Å²) in [5.74, 6) is -10.7. The van der Waals surface area contributed by atoms with E-state index in [2.05, 4.69) is 4.98 Å². The van der Waals surface area contributed by atoms with Crippen molar-refractivity contribution in [3.8, 4) is 0 Å². The quantitative estimate of drug-likeness (QED) is 0.231. The fourth-order valence-electron chi connectivity index (χ4n) is 10.2. The van der Waals surface area contributed by atoms with Crippen molar-refractivity contribution in [2.45, 2.75) is 114 Å². The number of esters is 7. The van der Waals surface area contributed by atoms with E-state index in [1.807, 2.05) is 0 Å². The van der Waals surface area contributed by atoms with Crippen LogP contribution in [0.3, 0.4) is 0 Å². The lowest BCUT2D eigenvalue weighted by Gasteiger charge is -2.67. The number of cyclic esters (lactones) is 1. The number of hydrogen-bond donors (Lipinski definition) is 2. The Kier molecular flexibility index (Phi) is 12.7. The molecule has 3 aromatic rings. The van der Waals surface area contributed by atoms with Gasteiger partial charge < -0.3 is 48.1 Å². The smallest absolute Gasteiger partial charge is 0.340 e. The number of hydrogen-bond acceptors (Lipinski definition) is 18. The van der Waals surface area contributed by atoms with Gasteiger partial charge in [0.1, 0.15) is 54.2 Å². The molecule has 13 atom stereocenters. The Balaban J connectivity index is 1.62. The molecule has 4 aliphatic rings. The van der Waals surface area contributed by atoms with Crippen molar-refractivity contribution in [3.05, 3.63) is 101 Å². The maximum absolute atomic E-state index is 14.5. The summed E-state index contributed by atoms with van der Waals surface area (Å²) in [6.07, 6.45) is -11.5. The average Bonchev–Trinajstić information content (AvgIpc) is 3.51. The van der Waals surface area contributed by atoms with Gasteiger partial charge in [0.05, 0.1) is 34.2 Å². The Morgan fingerprint density at radius 3 is 1.95 bits per heavy atom. The molecule has 2 saturated carbocycles. The average molecular weight is 902 g/mol. The van der Waals surface area contributed by atoms with E-state index in [1.165, 1.54) is 75.5 Å². The van der Waals surface area contributed by atoms with E-state index in [9.17, 15) is 43.8 Å². The van der Waals surface area contributed by atoms with Crippen LogP contribution in [-0.4, -0.2) is 124 Å². The lowest BCUT2D eigenvalue weighted by Crippen LogP contribution is -2.89. The SMILES string of the molecule is CCC(=O)OC1C(OC(C)=O)C2(COC(C)=O)C(OC(=O)c3ccccc3)C(O)[C@@H]3OC(=O)[C@@H](C)C(C)c4ncccc4C(=O)OC[C@]4(C)OC2([C@H](OC(=O)c2ccccc2)C14)[C@@]3(C)O. The van der Waals surface area contributed by atoms with Crippen LogP contribution in [-0.2, 0) is 57.1 Å². The molecule has 2 aliphatic heterocycles. The highest BCUT2D eigenvalue weighted by atomic mass is 16.7. The standard InChI is InChI=1S/C47H51NO17/c1-8-31(51)61-35-32-36(62-41(54)28-16-11-9-12-17-28)47-45(7,57)37(63-40(53)25(3)24(2)33-30(20-15-21-48-33)43(56)59-22-44(32,6)65-47)34(52)38(64-42(55)29-18-13-10-14-19-29)46(47,23-58-26(4)49)39(35)60-27(5)50/h9-21,24-25,32,34-39,52,57H,8,22-23H2,1-7H3/t24?,25-,32?,34?,35?,36+,37-,38?,39?,44-,45-,46?,47?/m0/s1. The summed E-state index contributed by atoms with van der Waals surface area (Å²) in [5, 5.41) is 26.5. The molecule has 1 spiro atoms. The molecule has 1 saturated heterocycles. The first-order valence-electron chi connectivity index (χ1n) is 21.2. The summed E-state index contributed by atoms with van der Waals surface area (Å²) in [7, 11) is 0. The van der Waals surface area contributed by atoms with E-state index in [0.29, 0.717) is 0 Å². The Morgan fingerprint density at radius 1 is 0.785 bits per heavy atom. The second kappa shape index (κ2) is 17.6. The Labute approximate surface area is 373 Å². The van der Waals surface area contributed by atoms with Crippen molar-refractivity contribution in [1.82, 2.24) is 4.98 Å². The molecule has 0 amide bonds. The van der Waals surface area contributed by atoms with Crippen LogP contribution in [0.25, 0.3) is 0 Å². The zero-order valence-electron chi connectivity index (χ0n) is 36.8. The molecule has 18 nitrogen and oxygen atoms in total. The van der Waals surface area contributed by atoms with Crippen LogP contribution in [0.2, 0.25) is 0 Å². The van der Waals surface area contributed by atoms with E-state index in [-0.39, 0.29) is 28.8 Å². The fraction of sp³-hybridized carbons (Fsp3) is 0.489. The number of rotatable bonds is 9. The summed E-state index contributed by atoms with van der Waals surface area (Å²) >= 11 is 0. The predicted molar refractivity (Wildman–Crippen MR) is 220 cm³/mol. The van der Waals surface area contributed by atoms with Crippen LogP contribution in [0.5, 0.6) is 0 Å². The summed E-state index contributed by atoms with van der Waals surface area (Å²) in [5.41, 5.74) is -10.5. The number of nitrogens with zero attached hydrogens (tertiary/aromatic N) is 1. The molecular weight excluding hydrogens is 851 g/mol. The maximum atomic E-state index is 14.5. The number of fused-ring (bicyclic) bond motifs is 5. The number of benzene rings is 2. The highest BCUT2D eigenvalue weighted by Crippen LogP contribution is 2.70. The Bertz CT molecular complexity index is 2360. The topological polar surface area (TPSA) is 247 Å². The van der Waals surface area contributed by atoms with Gasteiger partial charge in [-0.1, -0.05) is 57.2 Å². The van der Waals surface area contributed by atoms with E-state index < -0.39 is 132 Å². The molecule has 1 aromatic heterocycles. The molecule has 346 valence electrons. The van der Waals surface area contributed by atoms with Crippen molar-refractivity contribution in [1.29, 1.82) is 0 Å². The molecule has 8 unspecified atom stereocenters. The van der Waals surface area contributed by atoms with Crippen LogP contribution in [0.4, 0.5) is 0 Å². The van der Waals surface area contributed by atoms with Crippen molar-refractivity contribution in [2.75, 3.05) is 13.2 Å². The zero-order valence-corrected chi connectivity index (χ0v) is 36.8. The summed E-state index contributed by atoms with van der Waals surface area (Å²) in [4.78, 5) is 102. The molecule has 2 aliphatic carbocycles. The second-order valence-corrected chi connectivity index (χ2v) is 17.3. The molecule has 7 rings (SSSR count). The van der Waals surface area contributed by atoms with Gasteiger partial charge >= 0.3 is 41.8 Å². The normalized spacial score (nSPS) is 34.9. The molecule has 2 N–H and O–H groups in total. The minimum absolute atomic E-state index is 0.0189. The van der Waals surface area contributed by atoms with Gasteiger partial charge in [-0.25, -0.2) is 14.4 Å². The number of aromatic nitrogens is 1. The monoisotopic (exact) mass is 901 g/mol. The van der Waals surface area contributed by atoms with Crippen LogP contribution in [0, 0.1) is 17.3 Å². The predicted octanol–water partition coefficient (Wildman–Crippen LogP) is 3.44. The highest BCUT2D eigenvalue weighted by molar-refractivity contribution is 5.92. The zero-order chi connectivity index (χ0) is 47.2. The second-order valence-electron chi connectivity index (χ2n) is 17.3. The van der Waals surface area contributed by atoms with E-state index >= 15 is 0 Å². The van der Waals surface area contributed by atoms with Crippen molar-refractivity contribution < 1.29 is 81.7 Å². The van der Waals surface area contributed by atoms with Gasteiger partial charge in [-0.3, -0.25) is 24.2 Å². The van der Waals surface area contributed by atoms with Gasteiger partial charge in [0.15, 0.2) is 17.8 Å². The van der Waals surface area contributed by atoms with Crippen LogP contribution in [0.1, 0.15) is 97.6 Å². The number of carbonyl (C=O) groups is 7. The highest BCUT2D eigenvalue weighted by Gasteiger charge is 2.91. The number of aliphatic hydroxyl groups is 2. The Hall–Kier alpha value is -6.24. The number of pyridine rings is 1. The molecule has 4 bridgehead atoms. The van der Waals surface area contributed by atoms with Gasteiger partial charge in [0, 0.05) is 32.4 Å². The van der Waals surface area contributed by atoms with Crippen LogP contribution < -0.4 is 0 Å². The van der Waals surface area contributed by atoms with E-state index in [4.69, 9.17) is 37.9 Å². The number of ether oxygens (including phenoxy) is 8. The van der Waals surface area contributed by atoms with Gasteiger partial charge in [-0.05, 0) is 50.2 Å². The molecule has 3 fully saturated rings. The lowest BCUT2D eigenvalue weighted by molar-refractivity contribution is -0.384. The molecule has 0 radical (unpaired) electrons. The van der Waals surface area contributed by atoms with Crippen molar-refractivity contribution >= 4 is 41.8 Å². The first-order chi connectivity index (χ1) is 30.7. The Morgan fingerprint density at radius 2 is 1.38 bits per heavy atom. The fourth-order valence-corrected chi connectivity index (χ4v) is 10.2. The summed E-state index contributed by atoms with van der Waals surface area (Å²) in [6.45, 7) is 7.24. The first kappa shape index (κ1) is 46.7. The molecule has 65 heavy (non-hydrogen) atoms. The largest absolute Gasteiger partial charge is 0.465 e. The lowest BCUT2D eigenvalue weighted by atomic mass is 9.45. The van der Waals surface area contributed by atoms with Crippen LogP contribution >= 0.6 is 0 Å². The maximum Gasteiger partial charge on any atom is 0.340 e. The van der Waals surface area contributed by atoms with E-state index in [0.717, 1.165) is 20.8 Å².